The van der Waals surface area contributed by atoms with Gasteiger partial charge in [-0.25, -0.2) is 0 Å². The summed E-state index contributed by atoms with van der Waals surface area (Å²) in [6.45, 7) is 0. The molecule has 0 atom stereocenters. The Balaban J connectivity index is 2.30. The average molecular weight is 392 g/mol. The number of anilines is 1. The van der Waals surface area contributed by atoms with E-state index in [-0.39, 0.29) is 5.57 Å². The van der Waals surface area contributed by atoms with Crippen molar-refractivity contribution in [2.24, 2.45) is 0 Å². The Kier molecular flexibility index (Phi) is 5.80. The van der Waals surface area contributed by atoms with E-state index in [0.29, 0.717) is 22.0 Å². The van der Waals surface area contributed by atoms with Gasteiger partial charge in [0.25, 0.3) is 5.91 Å². The van der Waals surface area contributed by atoms with Crippen LogP contribution in [0.2, 0.25) is 5.02 Å². The highest BCUT2D eigenvalue weighted by molar-refractivity contribution is 9.10. The zero-order valence-corrected chi connectivity index (χ0v) is 14.5. The van der Waals surface area contributed by atoms with Gasteiger partial charge in [0.1, 0.15) is 17.4 Å². The molecule has 0 aliphatic heterocycles. The Morgan fingerprint density at radius 2 is 2.13 bits per heavy atom. The molecule has 0 saturated carbocycles. The molecule has 0 unspecified atom stereocenters. The number of halogens is 2. The van der Waals surface area contributed by atoms with Gasteiger partial charge in [0.15, 0.2) is 0 Å². The third-order valence-electron chi connectivity index (χ3n) is 2.94. The van der Waals surface area contributed by atoms with Gasteiger partial charge < -0.3 is 10.1 Å². The number of nitriles is 1. The predicted molar refractivity (Wildman–Crippen MR) is 94.4 cm³/mol. The number of ether oxygens (including phenoxy) is 1. The lowest BCUT2D eigenvalue weighted by Gasteiger charge is -2.07. The quantitative estimate of drug-likeness (QED) is 0.609. The van der Waals surface area contributed by atoms with Gasteiger partial charge in [-0.1, -0.05) is 33.6 Å². The number of hydrogen-bond acceptors (Lipinski definition) is 3. The van der Waals surface area contributed by atoms with Crippen LogP contribution in [0, 0.1) is 11.3 Å². The summed E-state index contributed by atoms with van der Waals surface area (Å²) in [7, 11) is 1.53. The second-order valence-corrected chi connectivity index (χ2v) is 5.87. The Morgan fingerprint density at radius 1 is 1.35 bits per heavy atom. The third kappa shape index (κ3) is 4.59. The molecule has 0 spiro atoms. The predicted octanol–water partition coefficient (Wildman–Crippen LogP) is 4.66. The topological polar surface area (TPSA) is 62.1 Å². The molecule has 0 saturated heterocycles. The van der Waals surface area contributed by atoms with Crippen LogP contribution < -0.4 is 10.1 Å². The molecule has 116 valence electrons. The number of nitrogens with zero attached hydrogens (tertiary/aromatic N) is 1. The molecule has 0 radical (unpaired) electrons. The third-order valence-corrected chi connectivity index (χ3v) is 3.67. The van der Waals surface area contributed by atoms with Crippen LogP contribution in [0.1, 0.15) is 5.56 Å². The lowest BCUT2D eigenvalue weighted by atomic mass is 10.1. The molecule has 6 heteroatoms. The van der Waals surface area contributed by atoms with Crippen molar-refractivity contribution in [1.82, 2.24) is 0 Å². The van der Waals surface area contributed by atoms with E-state index in [4.69, 9.17) is 16.3 Å². The van der Waals surface area contributed by atoms with Gasteiger partial charge in [-0.05, 0) is 42.5 Å². The first-order valence-electron chi connectivity index (χ1n) is 6.55. The summed E-state index contributed by atoms with van der Waals surface area (Å²) in [4.78, 5) is 12.2. The minimum atomic E-state index is -0.517. The van der Waals surface area contributed by atoms with Gasteiger partial charge >= 0.3 is 0 Å². The minimum absolute atomic E-state index is 0.0404. The number of rotatable bonds is 4. The number of carbonyl (C=O) groups excluding carboxylic acids is 1. The van der Waals surface area contributed by atoms with E-state index in [1.165, 1.54) is 13.2 Å². The summed E-state index contributed by atoms with van der Waals surface area (Å²) in [6, 6.07) is 13.9. The number of benzene rings is 2. The van der Waals surface area contributed by atoms with Gasteiger partial charge in [-0.15, -0.1) is 0 Å². The maximum atomic E-state index is 12.2. The van der Waals surface area contributed by atoms with Crippen LogP contribution in [0.5, 0.6) is 5.75 Å². The van der Waals surface area contributed by atoms with Crippen molar-refractivity contribution in [1.29, 1.82) is 5.26 Å². The molecule has 0 bridgehead atoms. The van der Waals surface area contributed by atoms with Crippen molar-refractivity contribution in [3.63, 3.8) is 0 Å². The summed E-state index contributed by atoms with van der Waals surface area (Å²) < 4.78 is 6.05. The highest BCUT2D eigenvalue weighted by Gasteiger charge is 2.11. The molecular weight excluding hydrogens is 380 g/mol. The van der Waals surface area contributed by atoms with Crippen LogP contribution >= 0.6 is 27.5 Å². The SMILES string of the molecule is COc1ccc(Br)cc1/C=C(\C#N)C(=O)Nc1cccc(Cl)c1. The monoisotopic (exact) mass is 390 g/mol. The normalized spacial score (nSPS) is 10.8. The van der Waals surface area contributed by atoms with Crippen molar-refractivity contribution in [3.05, 3.63) is 63.1 Å². The number of hydrogen-bond donors (Lipinski definition) is 1. The first-order chi connectivity index (χ1) is 11.0. The van der Waals surface area contributed by atoms with Gasteiger partial charge in [-0.3, -0.25) is 4.79 Å². The molecule has 2 rings (SSSR count). The molecule has 0 aliphatic rings. The van der Waals surface area contributed by atoms with E-state index in [9.17, 15) is 10.1 Å². The Bertz CT molecular complexity index is 812. The first kappa shape index (κ1) is 17.1. The van der Waals surface area contributed by atoms with Crippen LogP contribution in [0.3, 0.4) is 0 Å². The number of amides is 1. The largest absolute Gasteiger partial charge is 0.496 e. The summed E-state index contributed by atoms with van der Waals surface area (Å²) >= 11 is 9.23. The van der Waals surface area contributed by atoms with Crippen molar-refractivity contribution < 1.29 is 9.53 Å². The second kappa shape index (κ2) is 7.82. The van der Waals surface area contributed by atoms with Crippen LogP contribution in [0.25, 0.3) is 6.08 Å². The lowest BCUT2D eigenvalue weighted by Crippen LogP contribution is -2.13. The van der Waals surface area contributed by atoms with Gasteiger partial charge in [0.2, 0.25) is 0 Å². The average Bonchev–Trinajstić information content (AvgIpc) is 2.52. The molecule has 0 aliphatic carbocycles. The van der Waals surface area contributed by atoms with Crippen LogP contribution in [0.15, 0.2) is 52.5 Å². The molecule has 4 nitrogen and oxygen atoms in total. The highest BCUT2D eigenvalue weighted by atomic mass is 79.9. The highest BCUT2D eigenvalue weighted by Crippen LogP contribution is 2.25. The number of carbonyl (C=O) groups is 1. The van der Waals surface area contributed by atoms with Crippen LogP contribution in [-0.4, -0.2) is 13.0 Å². The van der Waals surface area contributed by atoms with Gasteiger partial charge in [0.05, 0.1) is 7.11 Å². The minimum Gasteiger partial charge on any atom is -0.496 e. The van der Waals surface area contributed by atoms with Gasteiger partial charge in [0, 0.05) is 20.7 Å². The number of methoxy groups -OCH3 is 1. The maximum absolute atomic E-state index is 12.2. The van der Waals surface area contributed by atoms with E-state index < -0.39 is 5.91 Å². The fourth-order valence-corrected chi connectivity index (χ4v) is 2.46. The van der Waals surface area contributed by atoms with Crippen LogP contribution in [-0.2, 0) is 4.79 Å². The zero-order chi connectivity index (χ0) is 16.8. The van der Waals surface area contributed by atoms with Crippen molar-refractivity contribution in [3.8, 4) is 11.8 Å². The Labute approximate surface area is 147 Å². The number of nitrogens with one attached hydrogen (secondary N) is 1. The van der Waals surface area contributed by atoms with Crippen LogP contribution in [0.4, 0.5) is 5.69 Å². The molecule has 2 aromatic rings. The summed E-state index contributed by atoms with van der Waals surface area (Å²) in [6.07, 6.45) is 1.48. The Morgan fingerprint density at radius 3 is 2.78 bits per heavy atom. The summed E-state index contributed by atoms with van der Waals surface area (Å²) in [5, 5.41) is 12.4. The fourth-order valence-electron chi connectivity index (χ4n) is 1.89. The fraction of sp³-hybridized carbons (Fsp3) is 0.0588. The standard InChI is InChI=1S/C17H12BrClN2O2/c1-23-16-6-5-13(18)8-11(16)7-12(10-20)17(22)21-15-4-2-3-14(19)9-15/h2-9H,1H3,(H,21,22)/b12-7+. The molecule has 0 fully saturated rings. The van der Waals surface area contributed by atoms with E-state index in [1.807, 2.05) is 12.1 Å². The van der Waals surface area contributed by atoms with E-state index in [1.54, 1.807) is 36.4 Å². The summed E-state index contributed by atoms with van der Waals surface area (Å²) in [5.74, 6) is 0.0494. The first-order valence-corrected chi connectivity index (χ1v) is 7.73. The smallest absolute Gasteiger partial charge is 0.266 e. The van der Waals surface area contributed by atoms with E-state index in [0.717, 1.165) is 4.47 Å². The van der Waals surface area contributed by atoms with E-state index >= 15 is 0 Å². The maximum Gasteiger partial charge on any atom is 0.266 e. The molecule has 1 amide bonds. The van der Waals surface area contributed by atoms with Crippen molar-refractivity contribution >= 4 is 45.2 Å². The molecular formula is C17H12BrClN2O2. The Hall–Kier alpha value is -2.29. The molecule has 2 aromatic carbocycles. The van der Waals surface area contributed by atoms with Crippen molar-refractivity contribution in [2.75, 3.05) is 12.4 Å². The molecule has 1 N–H and O–H groups in total. The summed E-state index contributed by atoms with van der Waals surface area (Å²) in [5.41, 5.74) is 1.10. The molecule has 0 aromatic heterocycles. The molecule has 23 heavy (non-hydrogen) atoms. The zero-order valence-electron chi connectivity index (χ0n) is 12.1. The second-order valence-electron chi connectivity index (χ2n) is 4.52. The van der Waals surface area contributed by atoms with E-state index in [2.05, 4.69) is 21.2 Å². The van der Waals surface area contributed by atoms with Crippen molar-refractivity contribution in [2.45, 2.75) is 0 Å². The van der Waals surface area contributed by atoms with Gasteiger partial charge in [-0.2, -0.15) is 5.26 Å². The molecule has 0 heterocycles. The lowest BCUT2D eigenvalue weighted by molar-refractivity contribution is -0.112.